The number of hydrogen-bond donors (Lipinski definition) is 1. The molecule has 1 aliphatic rings. The third-order valence-electron chi connectivity index (χ3n) is 3.47. The number of carbonyl (C=O) groups is 1. The molecule has 0 radical (unpaired) electrons. The molecule has 0 bridgehead atoms. The lowest BCUT2D eigenvalue weighted by Crippen LogP contribution is -2.35. The Morgan fingerprint density at radius 2 is 2.15 bits per heavy atom. The maximum Gasteiger partial charge on any atom is 0.320 e. The van der Waals surface area contributed by atoms with Crippen molar-refractivity contribution in [2.45, 2.75) is 59.0 Å². The van der Waals surface area contributed by atoms with Crippen molar-refractivity contribution in [2.75, 3.05) is 6.54 Å². The van der Waals surface area contributed by atoms with Crippen molar-refractivity contribution in [2.24, 2.45) is 0 Å². The molecule has 1 atom stereocenters. The fourth-order valence-electron chi connectivity index (χ4n) is 2.40. The van der Waals surface area contributed by atoms with Crippen LogP contribution < -0.4 is 0 Å². The van der Waals surface area contributed by atoms with E-state index < -0.39 is 5.97 Å². The predicted molar refractivity (Wildman–Crippen MR) is 80.7 cm³/mol. The van der Waals surface area contributed by atoms with Gasteiger partial charge in [0.25, 0.3) is 0 Å². The van der Waals surface area contributed by atoms with Crippen LogP contribution in [0.1, 0.15) is 57.7 Å². The number of nitrogens with zero attached hydrogens (tertiary/aromatic N) is 2. The van der Waals surface area contributed by atoms with Gasteiger partial charge in [-0.05, 0) is 36.9 Å². The third-order valence-corrected chi connectivity index (χ3v) is 3.47. The Morgan fingerprint density at radius 1 is 1.45 bits per heavy atom. The Kier molecular flexibility index (Phi) is 6.65. The van der Waals surface area contributed by atoms with Crippen LogP contribution in [0.3, 0.4) is 0 Å². The Labute approximate surface area is 121 Å². The van der Waals surface area contributed by atoms with E-state index in [9.17, 15) is 4.79 Å². The van der Waals surface area contributed by atoms with Gasteiger partial charge in [0, 0.05) is 18.4 Å². The summed E-state index contributed by atoms with van der Waals surface area (Å²) in [5, 5.41) is 9.12. The second-order valence-corrected chi connectivity index (χ2v) is 5.21. The summed E-state index contributed by atoms with van der Waals surface area (Å²) in [5.41, 5.74) is 2.17. The smallest absolute Gasteiger partial charge is 0.320 e. The fourth-order valence-corrected chi connectivity index (χ4v) is 2.40. The van der Waals surface area contributed by atoms with Crippen molar-refractivity contribution < 1.29 is 9.90 Å². The predicted octanol–water partition coefficient (Wildman–Crippen LogP) is 3.28. The second-order valence-electron chi connectivity index (χ2n) is 5.21. The van der Waals surface area contributed by atoms with Crippen LogP contribution in [0.15, 0.2) is 18.3 Å². The zero-order valence-electron chi connectivity index (χ0n) is 13.0. The molecule has 2 rings (SSSR count). The van der Waals surface area contributed by atoms with Crippen molar-refractivity contribution in [3.8, 4) is 0 Å². The largest absolute Gasteiger partial charge is 0.480 e. The second kappa shape index (κ2) is 8.00. The number of aliphatic carboxylic acids is 1. The maximum absolute atomic E-state index is 11.1. The van der Waals surface area contributed by atoms with Gasteiger partial charge in [-0.25, -0.2) is 0 Å². The van der Waals surface area contributed by atoms with E-state index in [1.165, 1.54) is 0 Å². The molecule has 1 N–H and O–H groups in total. The number of pyridine rings is 1. The van der Waals surface area contributed by atoms with E-state index in [4.69, 9.17) is 5.11 Å². The molecule has 1 aromatic heterocycles. The van der Waals surface area contributed by atoms with Crippen molar-refractivity contribution >= 4 is 5.97 Å². The molecule has 4 heteroatoms. The quantitative estimate of drug-likeness (QED) is 0.918. The van der Waals surface area contributed by atoms with Crippen LogP contribution in [0.5, 0.6) is 0 Å². The van der Waals surface area contributed by atoms with Crippen molar-refractivity contribution in [1.29, 1.82) is 0 Å². The monoisotopic (exact) mass is 278 g/mol. The number of likely N-dealkylation sites (tertiary alicyclic amines) is 1. The van der Waals surface area contributed by atoms with E-state index >= 15 is 0 Å². The van der Waals surface area contributed by atoms with E-state index in [1.807, 2.05) is 31.0 Å². The SMILES string of the molecule is CC.CC(C)c1ccc(CN2CCCC2C(=O)O)cn1. The molecule has 0 aliphatic carbocycles. The number of carboxylic acid groups (broad SMARTS) is 1. The fraction of sp³-hybridized carbons (Fsp3) is 0.625. The Hall–Kier alpha value is -1.42. The first-order valence-electron chi connectivity index (χ1n) is 7.49. The highest BCUT2D eigenvalue weighted by atomic mass is 16.4. The van der Waals surface area contributed by atoms with Crippen LogP contribution in [0.25, 0.3) is 0 Å². The summed E-state index contributed by atoms with van der Waals surface area (Å²) < 4.78 is 0. The maximum atomic E-state index is 11.1. The molecule has 1 saturated heterocycles. The molecule has 1 fully saturated rings. The number of rotatable bonds is 4. The van der Waals surface area contributed by atoms with Gasteiger partial charge in [0.15, 0.2) is 0 Å². The Balaban J connectivity index is 0.000000956. The van der Waals surface area contributed by atoms with Gasteiger partial charge in [0.05, 0.1) is 0 Å². The third kappa shape index (κ3) is 4.30. The number of hydrogen-bond acceptors (Lipinski definition) is 3. The van der Waals surface area contributed by atoms with Crippen LogP contribution in [0, 0.1) is 0 Å². The molecule has 1 aromatic rings. The van der Waals surface area contributed by atoms with Crippen LogP contribution in [-0.2, 0) is 11.3 Å². The van der Waals surface area contributed by atoms with Crippen molar-refractivity contribution in [3.05, 3.63) is 29.6 Å². The molecule has 1 aliphatic heterocycles. The minimum atomic E-state index is -0.709. The molecule has 0 spiro atoms. The summed E-state index contributed by atoms with van der Waals surface area (Å²) in [7, 11) is 0. The Morgan fingerprint density at radius 3 is 2.65 bits per heavy atom. The first-order chi connectivity index (χ1) is 9.58. The van der Waals surface area contributed by atoms with Gasteiger partial charge < -0.3 is 5.11 Å². The van der Waals surface area contributed by atoms with Crippen LogP contribution in [-0.4, -0.2) is 33.5 Å². The van der Waals surface area contributed by atoms with E-state index in [2.05, 4.69) is 24.9 Å². The molecule has 2 heterocycles. The molecule has 20 heavy (non-hydrogen) atoms. The zero-order chi connectivity index (χ0) is 15.1. The number of carboxylic acids is 1. The van der Waals surface area contributed by atoms with E-state index in [1.54, 1.807) is 0 Å². The van der Waals surface area contributed by atoms with Crippen molar-refractivity contribution in [3.63, 3.8) is 0 Å². The molecule has 0 aromatic carbocycles. The van der Waals surface area contributed by atoms with Crippen LogP contribution >= 0.6 is 0 Å². The minimum Gasteiger partial charge on any atom is -0.480 e. The van der Waals surface area contributed by atoms with Gasteiger partial charge in [0.1, 0.15) is 6.04 Å². The van der Waals surface area contributed by atoms with Crippen molar-refractivity contribution in [1.82, 2.24) is 9.88 Å². The molecule has 112 valence electrons. The molecule has 4 nitrogen and oxygen atoms in total. The first-order valence-corrected chi connectivity index (χ1v) is 7.49. The van der Waals surface area contributed by atoms with Gasteiger partial charge in [-0.1, -0.05) is 33.8 Å². The van der Waals surface area contributed by atoms with Crippen LogP contribution in [0.4, 0.5) is 0 Å². The van der Waals surface area contributed by atoms with Gasteiger partial charge in [-0.15, -0.1) is 0 Å². The van der Waals surface area contributed by atoms with E-state index in [-0.39, 0.29) is 6.04 Å². The first kappa shape index (κ1) is 16.6. The van der Waals surface area contributed by atoms with Gasteiger partial charge in [0.2, 0.25) is 0 Å². The molecule has 0 amide bonds. The average Bonchev–Trinajstić information content (AvgIpc) is 2.90. The Bertz CT molecular complexity index is 415. The average molecular weight is 278 g/mol. The summed E-state index contributed by atoms with van der Waals surface area (Å²) in [4.78, 5) is 17.5. The molecular formula is C16H26N2O2. The van der Waals surface area contributed by atoms with E-state index in [0.717, 1.165) is 30.6 Å². The zero-order valence-corrected chi connectivity index (χ0v) is 13.0. The highest BCUT2D eigenvalue weighted by Gasteiger charge is 2.30. The summed E-state index contributed by atoms with van der Waals surface area (Å²) in [6, 6.07) is 3.76. The minimum absolute atomic E-state index is 0.324. The van der Waals surface area contributed by atoms with Gasteiger partial charge in [-0.2, -0.15) is 0 Å². The normalized spacial score (nSPS) is 18.8. The summed E-state index contributed by atoms with van der Waals surface area (Å²) >= 11 is 0. The van der Waals surface area contributed by atoms with Gasteiger partial charge in [-0.3, -0.25) is 14.7 Å². The lowest BCUT2D eigenvalue weighted by Gasteiger charge is -2.20. The lowest BCUT2D eigenvalue weighted by molar-refractivity contribution is -0.142. The topological polar surface area (TPSA) is 53.4 Å². The summed E-state index contributed by atoms with van der Waals surface area (Å²) in [6.45, 7) is 9.77. The van der Waals surface area contributed by atoms with E-state index in [0.29, 0.717) is 12.5 Å². The van der Waals surface area contributed by atoms with Crippen LogP contribution in [0.2, 0.25) is 0 Å². The highest BCUT2D eigenvalue weighted by molar-refractivity contribution is 5.73. The molecule has 1 unspecified atom stereocenters. The molecular weight excluding hydrogens is 252 g/mol. The highest BCUT2D eigenvalue weighted by Crippen LogP contribution is 2.20. The summed E-state index contributed by atoms with van der Waals surface area (Å²) in [5.74, 6) is -0.281. The molecule has 0 saturated carbocycles. The summed E-state index contributed by atoms with van der Waals surface area (Å²) in [6.07, 6.45) is 3.59. The standard InChI is InChI=1S/C14H20N2O2.C2H6/c1-10(2)12-6-5-11(8-15-12)9-16-7-3-4-13(16)14(17)18;1-2/h5-6,8,10,13H,3-4,7,9H2,1-2H3,(H,17,18);1-2H3. The lowest BCUT2D eigenvalue weighted by atomic mass is 10.1. The number of aromatic nitrogens is 1. The van der Waals surface area contributed by atoms with Gasteiger partial charge >= 0.3 is 5.97 Å².